The van der Waals surface area contributed by atoms with Crippen LogP contribution < -0.4 is 16.8 Å². The third-order valence-electron chi connectivity index (χ3n) is 3.68. The van der Waals surface area contributed by atoms with Crippen molar-refractivity contribution in [3.05, 3.63) is 59.6 Å². The van der Waals surface area contributed by atoms with Gasteiger partial charge in [-0.25, -0.2) is 9.97 Å². The van der Waals surface area contributed by atoms with Gasteiger partial charge in [0.2, 0.25) is 5.91 Å². The second-order valence-electron chi connectivity index (χ2n) is 5.43. The number of aromatic nitrogens is 2. The van der Waals surface area contributed by atoms with E-state index in [2.05, 4.69) is 20.3 Å². The molecular weight excluding hydrogens is 320 g/mol. The average molecular weight is 336 g/mol. The quantitative estimate of drug-likeness (QED) is 0.769. The second-order valence-corrected chi connectivity index (χ2v) is 5.43. The predicted octanol–water partition coefficient (Wildman–Crippen LogP) is 1.13. The summed E-state index contributed by atoms with van der Waals surface area (Å²) in [4.78, 5) is 36.1. The summed E-state index contributed by atoms with van der Waals surface area (Å²) in [5.41, 5.74) is 12.5. The molecule has 3 rings (SSSR count). The van der Waals surface area contributed by atoms with Gasteiger partial charge in [0.15, 0.2) is 11.5 Å². The van der Waals surface area contributed by atoms with Crippen LogP contribution in [-0.2, 0) is 0 Å². The van der Waals surface area contributed by atoms with E-state index in [0.717, 1.165) is 0 Å². The maximum Gasteiger partial charge on any atom is 0.278 e. The maximum absolute atomic E-state index is 12.5. The lowest BCUT2D eigenvalue weighted by atomic mass is 10.0. The van der Waals surface area contributed by atoms with Crippen LogP contribution in [0, 0.1) is 0 Å². The Morgan fingerprint density at radius 3 is 2.60 bits per heavy atom. The number of anilines is 2. The number of allylic oxidation sites excluding steroid dienone is 1. The lowest BCUT2D eigenvalue weighted by molar-refractivity contribution is 0.0998. The average Bonchev–Trinajstić information content (AvgIpc) is 2.63. The Morgan fingerprint density at radius 1 is 1.20 bits per heavy atom. The molecule has 2 heterocycles. The number of primary amides is 1. The van der Waals surface area contributed by atoms with Crippen LogP contribution in [0.3, 0.4) is 0 Å². The third-order valence-corrected chi connectivity index (χ3v) is 3.68. The summed E-state index contributed by atoms with van der Waals surface area (Å²) < 4.78 is 0. The number of amides is 2. The molecule has 1 atom stereocenters. The number of rotatable bonds is 4. The van der Waals surface area contributed by atoms with Crippen molar-refractivity contribution < 1.29 is 9.59 Å². The van der Waals surface area contributed by atoms with Gasteiger partial charge in [-0.1, -0.05) is 6.08 Å². The van der Waals surface area contributed by atoms with Crippen LogP contribution in [0.4, 0.5) is 11.5 Å². The molecular formula is C17H16N6O2. The lowest BCUT2D eigenvalue weighted by Gasteiger charge is -2.13. The first-order chi connectivity index (χ1) is 12.0. The summed E-state index contributed by atoms with van der Waals surface area (Å²) >= 11 is 0. The van der Waals surface area contributed by atoms with E-state index in [1.54, 1.807) is 24.5 Å². The highest BCUT2D eigenvalue weighted by Crippen LogP contribution is 2.20. The molecule has 126 valence electrons. The zero-order valence-corrected chi connectivity index (χ0v) is 13.2. The van der Waals surface area contributed by atoms with Gasteiger partial charge in [0.05, 0.1) is 18.4 Å². The van der Waals surface area contributed by atoms with E-state index in [1.807, 2.05) is 12.2 Å². The Labute approximate surface area is 143 Å². The standard InChI is InChI=1S/C17H16N6O2/c18-15-14(23-13(9-21-15)11-2-1-7-20-8-11)17(25)22-12-5-3-10(4-6-12)16(19)24/h1-7,9,11H,8H2,(H2,18,21)(H2,19,24)(H,22,25). The SMILES string of the molecule is NC(=O)c1ccc(NC(=O)c2nc(C3C=CC=NC3)cnc2N)cc1. The highest BCUT2D eigenvalue weighted by Gasteiger charge is 2.18. The van der Waals surface area contributed by atoms with E-state index in [0.29, 0.717) is 23.5 Å². The van der Waals surface area contributed by atoms with Gasteiger partial charge >= 0.3 is 0 Å². The predicted molar refractivity (Wildman–Crippen MR) is 94.6 cm³/mol. The number of nitrogens with two attached hydrogens (primary N) is 2. The highest BCUT2D eigenvalue weighted by molar-refractivity contribution is 6.06. The molecule has 2 amide bonds. The molecule has 0 bridgehead atoms. The Kier molecular flexibility index (Phi) is 4.51. The van der Waals surface area contributed by atoms with Crippen molar-refractivity contribution in [3.63, 3.8) is 0 Å². The molecule has 1 aliphatic heterocycles. The maximum atomic E-state index is 12.5. The van der Waals surface area contributed by atoms with Gasteiger partial charge in [0.25, 0.3) is 5.91 Å². The summed E-state index contributed by atoms with van der Waals surface area (Å²) in [5.74, 6) is -1.02. The van der Waals surface area contributed by atoms with Crippen LogP contribution in [0.5, 0.6) is 0 Å². The van der Waals surface area contributed by atoms with Crippen LogP contribution in [0.15, 0.2) is 47.6 Å². The normalized spacial score (nSPS) is 15.8. The van der Waals surface area contributed by atoms with E-state index < -0.39 is 11.8 Å². The van der Waals surface area contributed by atoms with Gasteiger partial charge < -0.3 is 16.8 Å². The number of nitrogens with zero attached hydrogens (tertiary/aromatic N) is 3. The number of nitrogens with one attached hydrogen (secondary N) is 1. The fourth-order valence-corrected chi connectivity index (χ4v) is 2.34. The molecule has 1 aromatic carbocycles. The number of carbonyl (C=O) groups excluding carboxylic acids is 2. The summed E-state index contributed by atoms with van der Waals surface area (Å²) in [6, 6.07) is 6.19. The van der Waals surface area contributed by atoms with Crippen LogP contribution in [-0.4, -0.2) is 34.5 Å². The van der Waals surface area contributed by atoms with Crippen molar-refractivity contribution in [2.24, 2.45) is 10.7 Å². The van der Waals surface area contributed by atoms with Crippen LogP contribution >= 0.6 is 0 Å². The van der Waals surface area contributed by atoms with Gasteiger partial charge in [-0.15, -0.1) is 0 Å². The summed E-state index contributed by atoms with van der Waals surface area (Å²) in [6.45, 7) is 0.546. The lowest BCUT2D eigenvalue weighted by Crippen LogP contribution is -2.19. The molecule has 2 aromatic rings. The molecule has 1 aromatic heterocycles. The van der Waals surface area contributed by atoms with Crippen molar-refractivity contribution in [1.82, 2.24) is 9.97 Å². The Balaban J connectivity index is 1.80. The van der Waals surface area contributed by atoms with E-state index in [4.69, 9.17) is 11.5 Å². The Morgan fingerprint density at radius 2 is 1.96 bits per heavy atom. The second kappa shape index (κ2) is 6.91. The van der Waals surface area contributed by atoms with Gasteiger partial charge in [-0.2, -0.15) is 0 Å². The number of carbonyl (C=O) groups is 2. The van der Waals surface area contributed by atoms with Gasteiger partial charge in [-0.05, 0) is 30.3 Å². The Hall–Kier alpha value is -3.55. The number of aliphatic imine (C=N–C) groups is 1. The fraction of sp³-hybridized carbons (Fsp3) is 0.118. The number of benzene rings is 1. The van der Waals surface area contributed by atoms with E-state index in [9.17, 15) is 9.59 Å². The number of dihydropyridines is 1. The monoisotopic (exact) mass is 336 g/mol. The fourth-order valence-electron chi connectivity index (χ4n) is 2.34. The van der Waals surface area contributed by atoms with Gasteiger partial charge in [-0.3, -0.25) is 14.6 Å². The smallest absolute Gasteiger partial charge is 0.278 e. The number of hydrogen-bond acceptors (Lipinski definition) is 6. The first kappa shape index (κ1) is 16.3. The molecule has 1 unspecified atom stereocenters. The minimum atomic E-state index is -0.538. The van der Waals surface area contributed by atoms with Gasteiger partial charge in [0.1, 0.15) is 0 Å². The molecule has 1 aliphatic rings. The van der Waals surface area contributed by atoms with Crippen molar-refractivity contribution in [3.8, 4) is 0 Å². The van der Waals surface area contributed by atoms with E-state index >= 15 is 0 Å². The molecule has 0 fully saturated rings. The molecule has 8 nitrogen and oxygen atoms in total. The number of hydrogen-bond donors (Lipinski definition) is 3. The summed E-state index contributed by atoms with van der Waals surface area (Å²) in [6.07, 6.45) is 7.03. The zero-order valence-electron chi connectivity index (χ0n) is 13.2. The summed E-state index contributed by atoms with van der Waals surface area (Å²) in [5, 5.41) is 2.67. The molecule has 0 aliphatic carbocycles. The largest absolute Gasteiger partial charge is 0.382 e. The summed E-state index contributed by atoms with van der Waals surface area (Å²) in [7, 11) is 0. The molecule has 5 N–H and O–H groups in total. The van der Waals surface area contributed by atoms with Gasteiger partial charge in [0, 0.05) is 23.4 Å². The van der Waals surface area contributed by atoms with Crippen LogP contribution in [0.1, 0.15) is 32.5 Å². The van der Waals surface area contributed by atoms with E-state index in [1.165, 1.54) is 12.1 Å². The van der Waals surface area contributed by atoms with Crippen molar-refractivity contribution in [2.75, 3.05) is 17.6 Å². The minimum absolute atomic E-state index is 0.0401. The zero-order chi connectivity index (χ0) is 17.8. The Bertz CT molecular complexity index is 873. The molecule has 0 radical (unpaired) electrons. The number of nitrogen functional groups attached to an aromatic ring is 1. The first-order valence-electron chi connectivity index (χ1n) is 7.55. The first-order valence-corrected chi connectivity index (χ1v) is 7.55. The van der Waals surface area contributed by atoms with Crippen LogP contribution in [0.2, 0.25) is 0 Å². The molecule has 8 heteroatoms. The van der Waals surface area contributed by atoms with E-state index in [-0.39, 0.29) is 17.4 Å². The van der Waals surface area contributed by atoms with Crippen molar-refractivity contribution in [2.45, 2.75) is 5.92 Å². The van der Waals surface area contributed by atoms with Crippen molar-refractivity contribution >= 4 is 29.5 Å². The third kappa shape index (κ3) is 3.69. The van der Waals surface area contributed by atoms with Crippen LogP contribution in [0.25, 0.3) is 0 Å². The minimum Gasteiger partial charge on any atom is -0.382 e. The van der Waals surface area contributed by atoms with Crippen molar-refractivity contribution in [1.29, 1.82) is 0 Å². The molecule has 25 heavy (non-hydrogen) atoms. The molecule has 0 saturated heterocycles. The molecule has 0 saturated carbocycles. The molecule has 0 spiro atoms. The topological polar surface area (TPSA) is 136 Å². The highest BCUT2D eigenvalue weighted by atomic mass is 16.2.